The first-order valence-corrected chi connectivity index (χ1v) is 7.58. The molecule has 0 bridgehead atoms. The topological polar surface area (TPSA) is 69.6 Å². The maximum Gasteiger partial charge on any atom is 0.326 e. The van der Waals surface area contributed by atoms with Crippen LogP contribution in [0, 0.1) is 0 Å². The lowest BCUT2D eigenvalue weighted by molar-refractivity contribution is -0.139. The van der Waals surface area contributed by atoms with Crippen LogP contribution in [0.25, 0.3) is 0 Å². The van der Waals surface area contributed by atoms with Crippen LogP contribution >= 0.6 is 11.8 Å². The molecule has 0 radical (unpaired) electrons. The predicted molar refractivity (Wildman–Crippen MR) is 75.1 cm³/mol. The van der Waals surface area contributed by atoms with E-state index in [1.807, 2.05) is 20.1 Å². The Morgan fingerprint density at radius 3 is 2.44 bits per heavy atom. The molecule has 0 fully saturated rings. The summed E-state index contributed by atoms with van der Waals surface area (Å²) < 4.78 is 0. The predicted octanol–water partition coefficient (Wildman–Crippen LogP) is 2.02. The number of amides is 2. The first-order chi connectivity index (χ1) is 8.43. The highest BCUT2D eigenvalue weighted by Crippen LogP contribution is 2.07. The maximum atomic E-state index is 11.9. The van der Waals surface area contributed by atoms with Crippen molar-refractivity contribution in [2.24, 2.45) is 0 Å². The molecule has 18 heavy (non-hydrogen) atoms. The van der Waals surface area contributed by atoms with Crippen LogP contribution < -0.4 is 5.32 Å². The molecule has 0 heterocycles. The van der Waals surface area contributed by atoms with Gasteiger partial charge in [-0.1, -0.05) is 13.3 Å². The van der Waals surface area contributed by atoms with Gasteiger partial charge in [0.1, 0.15) is 6.04 Å². The summed E-state index contributed by atoms with van der Waals surface area (Å²) in [6, 6.07) is -1.00. The molecule has 0 rings (SSSR count). The molecule has 0 aliphatic rings. The summed E-state index contributed by atoms with van der Waals surface area (Å²) in [6.07, 6.45) is 4.10. The number of carboxylic acid groups (broad SMARTS) is 1. The third-order valence-corrected chi connectivity index (χ3v) is 3.54. The van der Waals surface area contributed by atoms with Crippen LogP contribution in [-0.4, -0.2) is 53.1 Å². The number of carbonyl (C=O) groups is 2. The van der Waals surface area contributed by atoms with Crippen molar-refractivity contribution < 1.29 is 14.7 Å². The molecular formula is C12H24N2O3S. The van der Waals surface area contributed by atoms with Crippen LogP contribution in [0.3, 0.4) is 0 Å². The summed E-state index contributed by atoms with van der Waals surface area (Å²) >= 11 is 1.73. The third kappa shape index (κ3) is 6.14. The summed E-state index contributed by atoms with van der Waals surface area (Å²) in [7, 11) is 1.70. The second-order valence-corrected chi connectivity index (χ2v) is 5.36. The van der Waals surface area contributed by atoms with E-state index in [9.17, 15) is 9.59 Å². The van der Waals surface area contributed by atoms with Gasteiger partial charge in [-0.25, -0.2) is 9.59 Å². The summed E-state index contributed by atoms with van der Waals surface area (Å²) in [5, 5.41) is 11.5. The number of hydrogen-bond donors (Lipinski definition) is 2. The van der Waals surface area contributed by atoms with E-state index in [1.165, 1.54) is 0 Å². The molecule has 2 amide bonds. The Hall–Kier alpha value is -0.910. The first-order valence-electron chi connectivity index (χ1n) is 6.19. The summed E-state index contributed by atoms with van der Waals surface area (Å²) in [5.41, 5.74) is 0. The first kappa shape index (κ1) is 17.1. The Balaban J connectivity index is 4.31. The lowest BCUT2D eigenvalue weighted by Crippen LogP contribution is -2.49. The van der Waals surface area contributed by atoms with Crippen molar-refractivity contribution in [3.8, 4) is 0 Å². The van der Waals surface area contributed by atoms with E-state index in [-0.39, 0.29) is 12.1 Å². The Bertz CT molecular complexity index is 274. The van der Waals surface area contributed by atoms with Crippen molar-refractivity contribution in [1.82, 2.24) is 10.2 Å². The summed E-state index contributed by atoms with van der Waals surface area (Å²) in [6.45, 7) is 3.86. The van der Waals surface area contributed by atoms with Crippen molar-refractivity contribution in [1.29, 1.82) is 0 Å². The molecule has 0 aliphatic heterocycles. The minimum Gasteiger partial charge on any atom is -0.480 e. The molecule has 1 unspecified atom stereocenters. The third-order valence-electron chi connectivity index (χ3n) is 2.89. The van der Waals surface area contributed by atoms with Gasteiger partial charge in [-0.3, -0.25) is 0 Å². The van der Waals surface area contributed by atoms with Gasteiger partial charge in [0.15, 0.2) is 0 Å². The smallest absolute Gasteiger partial charge is 0.326 e. The van der Waals surface area contributed by atoms with E-state index < -0.39 is 12.0 Å². The highest BCUT2D eigenvalue weighted by Gasteiger charge is 2.22. The number of nitrogens with zero attached hydrogens (tertiary/aromatic N) is 1. The summed E-state index contributed by atoms with van der Waals surface area (Å²) in [5.74, 6) is 0.00574. The number of nitrogens with one attached hydrogen (secondary N) is 1. The molecule has 0 aliphatic carbocycles. The minimum atomic E-state index is -0.977. The van der Waals surface area contributed by atoms with Crippen molar-refractivity contribution in [3.63, 3.8) is 0 Å². The number of rotatable bonds is 8. The van der Waals surface area contributed by atoms with Crippen LogP contribution in [0.1, 0.15) is 33.1 Å². The number of thioether (sulfide) groups is 1. The maximum absolute atomic E-state index is 11.9. The number of aliphatic carboxylic acids is 1. The van der Waals surface area contributed by atoms with Gasteiger partial charge < -0.3 is 15.3 Å². The molecular weight excluding hydrogens is 252 g/mol. The number of carbonyl (C=O) groups excluding carboxylic acids is 1. The fourth-order valence-corrected chi connectivity index (χ4v) is 2.06. The molecule has 106 valence electrons. The van der Waals surface area contributed by atoms with E-state index in [0.29, 0.717) is 6.42 Å². The highest BCUT2D eigenvalue weighted by atomic mass is 32.2. The van der Waals surface area contributed by atoms with Gasteiger partial charge in [-0.15, -0.1) is 0 Å². The molecule has 0 aromatic carbocycles. The molecule has 5 nitrogen and oxygen atoms in total. The summed E-state index contributed by atoms with van der Waals surface area (Å²) in [4.78, 5) is 24.4. The van der Waals surface area contributed by atoms with Crippen LogP contribution in [0.5, 0.6) is 0 Å². The average molecular weight is 276 g/mol. The monoisotopic (exact) mass is 276 g/mol. The van der Waals surface area contributed by atoms with Gasteiger partial charge >= 0.3 is 12.0 Å². The molecule has 6 heteroatoms. The molecule has 0 saturated heterocycles. The van der Waals surface area contributed by atoms with Crippen molar-refractivity contribution >= 4 is 23.8 Å². The zero-order chi connectivity index (χ0) is 14.1. The SMILES string of the molecule is CCC[C@H](NC(=O)N(C)C(C)CCSC)C(=O)O. The number of carboxylic acids is 1. The van der Waals surface area contributed by atoms with Gasteiger partial charge in [-0.2, -0.15) is 11.8 Å². The van der Waals surface area contributed by atoms with Crippen molar-refractivity contribution in [3.05, 3.63) is 0 Å². The van der Waals surface area contributed by atoms with Gasteiger partial charge in [0.05, 0.1) is 0 Å². The Morgan fingerprint density at radius 2 is 2.00 bits per heavy atom. The zero-order valence-electron chi connectivity index (χ0n) is 11.6. The Labute approximate surface area is 113 Å². The Morgan fingerprint density at radius 1 is 1.39 bits per heavy atom. The highest BCUT2D eigenvalue weighted by molar-refractivity contribution is 7.98. The number of hydrogen-bond acceptors (Lipinski definition) is 3. The molecule has 2 N–H and O–H groups in total. The van der Waals surface area contributed by atoms with Gasteiger partial charge in [0.2, 0.25) is 0 Å². The lowest BCUT2D eigenvalue weighted by atomic mass is 10.1. The van der Waals surface area contributed by atoms with E-state index in [2.05, 4.69) is 5.32 Å². The fraction of sp³-hybridized carbons (Fsp3) is 0.833. The van der Waals surface area contributed by atoms with Gasteiger partial charge in [-0.05, 0) is 31.8 Å². The van der Waals surface area contributed by atoms with Crippen LogP contribution in [0.4, 0.5) is 4.79 Å². The second kappa shape index (κ2) is 9.08. The van der Waals surface area contributed by atoms with Crippen LogP contribution in [0.15, 0.2) is 0 Å². The van der Waals surface area contributed by atoms with E-state index in [4.69, 9.17) is 5.11 Å². The zero-order valence-corrected chi connectivity index (χ0v) is 12.4. The molecule has 0 saturated carbocycles. The molecule has 0 spiro atoms. The van der Waals surface area contributed by atoms with Gasteiger partial charge in [0, 0.05) is 13.1 Å². The van der Waals surface area contributed by atoms with E-state index in [1.54, 1.807) is 23.7 Å². The largest absolute Gasteiger partial charge is 0.480 e. The van der Waals surface area contributed by atoms with Crippen LogP contribution in [-0.2, 0) is 4.79 Å². The minimum absolute atomic E-state index is 0.105. The molecule has 2 atom stereocenters. The van der Waals surface area contributed by atoms with Crippen molar-refractivity contribution in [2.45, 2.75) is 45.2 Å². The normalized spacial score (nSPS) is 13.8. The van der Waals surface area contributed by atoms with Crippen LogP contribution in [0.2, 0.25) is 0 Å². The average Bonchev–Trinajstić information content (AvgIpc) is 2.33. The van der Waals surface area contributed by atoms with Crippen molar-refractivity contribution in [2.75, 3.05) is 19.1 Å². The lowest BCUT2D eigenvalue weighted by Gasteiger charge is -2.26. The molecule has 0 aromatic heterocycles. The standard InChI is InChI=1S/C12H24N2O3S/c1-5-6-10(11(15)16)13-12(17)14(3)9(2)7-8-18-4/h9-10H,5-8H2,1-4H3,(H,13,17)(H,15,16)/t9?,10-/m0/s1. The van der Waals surface area contributed by atoms with E-state index in [0.717, 1.165) is 18.6 Å². The fourth-order valence-electron chi connectivity index (χ4n) is 1.48. The quantitative estimate of drug-likeness (QED) is 0.711. The second-order valence-electron chi connectivity index (χ2n) is 4.37. The van der Waals surface area contributed by atoms with E-state index >= 15 is 0 Å². The van der Waals surface area contributed by atoms with Gasteiger partial charge in [0.25, 0.3) is 0 Å². The Kier molecular flexibility index (Phi) is 8.62. The number of urea groups is 1. The molecule has 0 aromatic rings.